The van der Waals surface area contributed by atoms with Crippen LogP contribution in [0.1, 0.15) is 90.9 Å². The van der Waals surface area contributed by atoms with E-state index in [4.69, 9.17) is 13.5 Å². The zero-order valence-corrected chi connectivity index (χ0v) is 27.9. The molecule has 0 fully saturated rings. The zero-order valence-electron chi connectivity index (χ0n) is 24.6. The number of anilines is 3. The molecule has 0 bridgehead atoms. The van der Waals surface area contributed by atoms with Gasteiger partial charge in [0.2, 0.25) is 0 Å². The van der Waals surface area contributed by atoms with Gasteiger partial charge < -0.3 is 0 Å². The van der Waals surface area contributed by atoms with Crippen molar-refractivity contribution in [2.24, 2.45) is 0 Å². The third-order valence-electron chi connectivity index (χ3n) is 7.31. The Hall–Kier alpha value is -2.34. The summed E-state index contributed by atoms with van der Waals surface area (Å²) in [5.74, 6) is 1.81. The number of hydrogen-bond acceptors (Lipinski definition) is 5. The van der Waals surface area contributed by atoms with Crippen LogP contribution in [-0.4, -0.2) is 36.1 Å². The first-order valence-electron chi connectivity index (χ1n) is 15.4. The van der Waals surface area contributed by atoms with Crippen LogP contribution >= 0.6 is 15.9 Å². The SMILES string of the molecule is CCCCCCCCOc1ccc(N(c2ccc(OCCCCCCCC)cc2)c2ccc(Br)c3n[se]nc23)cc1. The van der Waals surface area contributed by atoms with Crippen LogP contribution in [0.5, 0.6) is 11.5 Å². The maximum atomic E-state index is 6.07. The molecule has 0 aliphatic carbocycles. The van der Waals surface area contributed by atoms with Crippen molar-refractivity contribution in [3.8, 4) is 11.5 Å². The van der Waals surface area contributed by atoms with Gasteiger partial charge in [-0.1, -0.05) is 65.2 Å². The number of hydrogen-bond donors (Lipinski definition) is 0. The molecule has 41 heavy (non-hydrogen) atoms. The van der Waals surface area contributed by atoms with Gasteiger partial charge in [-0.3, -0.25) is 0 Å². The Morgan fingerprint density at radius 2 is 1.05 bits per heavy atom. The molecule has 1 aromatic heterocycles. The fourth-order valence-electron chi connectivity index (χ4n) is 4.96. The van der Waals surface area contributed by atoms with Gasteiger partial charge in [-0.25, -0.2) is 0 Å². The van der Waals surface area contributed by atoms with Crippen LogP contribution in [0, 0.1) is 0 Å². The number of halogens is 1. The van der Waals surface area contributed by atoms with Crippen molar-refractivity contribution in [2.75, 3.05) is 18.1 Å². The number of rotatable bonds is 19. The summed E-state index contributed by atoms with van der Waals surface area (Å²) in [7, 11) is 0. The topological polar surface area (TPSA) is 47.5 Å². The number of ether oxygens (including phenoxy) is 2. The summed E-state index contributed by atoms with van der Waals surface area (Å²) in [5.41, 5.74) is 5.00. The van der Waals surface area contributed by atoms with Crippen LogP contribution in [0.3, 0.4) is 0 Å². The molecule has 4 rings (SSSR count). The van der Waals surface area contributed by atoms with Gasteiger partial charge in [0, 0.05) is 0 Å². The van der Waals surface area contributed by atoms with E-state index in [9.17, 15) is 0 Å². The van der Waals surface area contributed by atoms with Gasteiger partial charge in [-0.2, -0.15) is 0 Å². The summed E-state index contributed by atoms with van der Waals surface area (Å²) in [4.78, 5) is 2.25. The Balaban J connectivity index is 1.45. The third kappa shape index (κ3) is 9.59. The van der Waals surface area contributed by atoms with E-state index in [0.717, 1.165) is 70.1 Å². The molecule has 220 valence electrons. The summed E-state index contributed by atoms with van der Waals surface area (Å²) >= 11 is 3.53. The first kappa shape index (κ1) is 31.6. The molecule has 0 radical (unpaired) electrons. The molecule has 5 nitrogen and oxygen atoms in total. The Morgan fingerprint density at radius 3 is 1.56 bits per heavy atom. The fourth-order valence-corrected chi connectivity index (χ4v) is 6.83. The summed E-state index contributed by atoms with van der Waals surface area (Å²) in [6.07, 6.45) is 15.1. The van der Waals surface area contributed by atoms with Crippen molar-refractivity contribution in [2.45, 2.75) is 90.9 Å². The first-order chi connectivity index (χ1) is 20.2. The second-order valence-corrected chi connectivity index (χ2v) is 12.5. The van der Waals surface area contributed by atoms with Crippen molar-refractivity contribution >= 4 is 59.0 Å². The number of benzene rings is 3. The van der Waals surface area contributed by atoms with E-state index in [1.165, 1.54) is 64.2 Å². The Morgan fingerprint density at radius 1 is 0.585 bits per heavy atom. The second kappa shape index (κ2) is 17.6. The van der Waals surface area contributed by atoms with Crippen LogP contribution in [0.4, 0.5) is 17.1 Å². The average molecular weight is 686 g/mol. The molecule has 0 aliphatic heterocycles. The van der Waals surface area contributed by atoms with Crippen molar-refractivity contribution < 1.29 is 9.47 Å². The van der Waals surface area contributed by atoms with Gasteiger partial charge in [0.25, 0.3) is 0 Å². The molecule has 0 unspecified atom stereocenters. The van der Waals surface area contributed by atoms with Gasteiger partial charge in [-0.05, 0) is 0 Å². The predicted molar refractivity (Wildman–Crippen MR) is 177 cm³/mol. The van der Waals surface area contributed by atoms with Crippen LogP contribution in [0.25, 0.3) is 11.0 Å². The molecule has 0 saturated heterocycles. The second-order valence-electron chi connectivity index (χ2n) is 10.6. The van der Waals surface area contributed by atoms with Crippen LogP contribution in [0.15, 0.2) is 65.1 Å². The molecule has 0 N–H and O–H groups in total. The standard InChI is InChI=1S/C34H44BrN3O2Se/c1-3-5-7-9-11-13-25-39-29-19-15-27(16-20-29)38(32-24-23-31(35)33-34(32)37-41-36-33)28-17-21-30(22-18-28)40-26-14-12-10-8-6-4-2/h15-24H,3-14,25-26H2,1-2H3. The van der Waals surface area contributed by atoms with E-state index >= 15 is 0 Å². The summed E-state index contributed by atoms with van der Waals surface area (Å²) in [5, 5.41) is 0. The number of fused-ring (bicyclic) bond motifs is 1. The first-order valence-corrected chi connectivity index (χ1v) is 17.7. The van der Waals surface area contributed by atoms with Crippen LogP contribution < -0.4 is 14.4 Å². The molecule has 0 amide bonds. The Labute approximate surface area is 261 Å². The summed E-state index contributed by atoms with van der Waals surface area (Å²) in [6, 6.07) is 21.0. The molecule has 0 atom stereocenters. The van der Waals surface area contributed by atoms with E-state index in [1.807, 2.05) is 0 Å². The van der Waals surface area contributed by atoms with Crippen LogP contribution in [-0.2, 0) is 0 Å². The minimum absolute atomic E-state index is 0.130. The molecule has 4 aromatic rings. The molecule has 7 heteroatoms. The van der Waals surface area contributed by atoms with Crippen LogP contribution in [0.2, 0.25) is 0 Å². The van der Waals surface area contributed by atoms with Crippen molar-refractivity contribution in [1.82, 2.24) is 7.96 Å². The van der Waals surface area contributed by atoms with Gasteiger partial charge in [0.05, 0.1) is 0 Å². The number of nitrogens with zero attached hydrogens (tertiary/aromatic N) is 3. The maximum absolute atomic E-state index is 6.07. The van der Waals surface area contributed by atoms with Crippen molar-refractivity contribution in [3.63, 3.8) is 0 Å². The molecule has 0 saturated carbocycles. The third-order valence-corrected chi connectivity index (χ3v) is 9.06. The van der Waals surface area contributed by atoms with E-state index in [1.54, 1.807) is 0 Å². The quantitative estimate of drug-likeness (QED) is 0.0726. The van der Waals surface area contributed by atoms with Gasteiger partial charge in [-0.15, -0.1) is 0 Å². The van der Waals surface area contributed by atoms with E-state index < -0.39 is 0 Å². The fraction of sp³-hybridized carbons (Fsp3) is 0.471. The van der Waals surface area contributed by atoms with Crippen molar-refractivity contribution in [3.05, 3.63) is 65.1 Å². The molecule has 1 heterocycles. The normalized spacial score (nSPS) is 11.2. The molecule has 0 aliphatic rings. The molecular formula is C34H44BrN3O2Se. The van der Waals surface area contributed by atoms with E-state index in [-0.39, 0.29) is 15.0 Å². The Kier molecular flexibility index (Phi) is 13.5. The minimum atomic E-state index is -0.130. The Bertz CT molecular complexity index is 1230. The zero-order chi connectivity index (χ0) is 28.7. The van der Waals surface area contributed by atoms with Crippen molar-refractivity contribution in [1.29, 1.82) is 0 Å². The average Bonchev–Trinajstić information content (AvgIpc) is 3.50. The number of aromatic nitrogens is 2. The molecular weight excluding hydrogens is 641 g/mol. The number of unbranched alkanes of at least 4 members (excludes halogenated alkanes) is 10. The van der Waals surface area contributed by atoms with Gasteiger partial charge in [0.1, 0.15) is 0 Å². The molecule has 0 spiro atoms. The van der Waals surface area contributed by atoms with E-state index in [0.29, 0.717) is 0 Å². The van der Waals surface area contributed by atoms with Gasteiger partial charge >= 0.3 is 197 Å². The summed E-state index contributed by atoms with van der Waals surface area (Å²) in [6.45, 7) is 6.03. The molecule has 3 aromatic carbocycles. The predicted octanol–water partition coefficient (Wildman–Crippen LogP) is 10.4. The van der Waals surface area contributed by atoms with Gasteiger partial charge in [0.15, 0.2) is 0 Å². The summed E-state index contributed by atoms with van der Waals surface area (Å²) < 4.78 is 22.6. The van der Waals surface area contributed by atoms with E-state index in [2.05, 4.69) is 99.3 Å². The monoisotopic (exact) mass is 685 g/mol.